The van der Waals surface area contributed by atoms with Crippen LogP contribution >= 0.6 is 0 Å². The lowest BCUT2D eigenvalue weighted by atomic mass is 10.0. The molecule has 0 aliphatic carbocycles. The molecule has 0 spiro atoms. The lowest BCUT2D eigenvalue weighted by Crippen LogP contribution is -2.58. The van der Waals surface area contributed by atoms with Crippen molar-refractivity contribution in [3.63, 3.8) is 0 Å². The Balaban J connectivity index is 1.42. The van der Waals surface area contributed by atoms with Gasteiger partial charge in [-0.2, -0.15) is 0 Å². The normalized spacial score (nSPS) is 19.5. The number of nitrogens with one attached hydrogen (secondary N) is 16. The molecule has 2 saturated heterocycles. The van der Waals surface area contributed by atoms with Crippen LogP contribution in [0.15, 0.2) is 72.4 Å². The number of nitrogens with zero attached hydrogens (tertiary/aromatic N) is 3. The fraction of sp³-hybridized carbons (Fsp3) is 0.515. The van der Waals surface area contributed by atoms with Crippen molar-refractivity contribution in [3.8, 4) is 0 Å². The Hall–Kier alpha value is -12.4. The number of carbonyl (C=O) groups is 17. The number of hydrogen-bond donors (Lipinski definition) is 23. The summed E-state index contributed by atoms with van der Waals surface area (Å²) in [5.41, 5.74) is 11.1. The molecule has 43 nitrogen and oxygen atoms in total. The van der Waals surface area contributed by atoms with Crippen LogP contribution in [-0.4, -0.2) is 293 Å². The Kier molecular flexibility index (Phi) is 40.0. The third-order valence-electron chi connectivity index (χ3n) is 16.7. The molecule has 0 radical (unpaired) electrons. The highest BCUT2D eigenvalue weighted by Crippen LogP contribution is 2.13. The summed E-state index contributed by atoms with van der Waals surface area (Å²) >= 11 is 0. The first-order valence-electron chi connectivity index (χ1n) is 35.5. The lowest BCUT2D eigenvalue weighted by molar-refractivity contribution is -0.141. The molecule has 2 fully saturated rings. The number of carboxylic acids is 5. The van der Waals surface area contributed by atoms with E-state index in [1.54, 1.807) is 60.7 Å². The van der Waals surface area contributed by atoms with Gasteiger partial charge in [0.2, 0.25) is 65.0 Å². The fourth-order valence-corrected chi connectivity index (χ4v) is 11.3. The van der Waals surface area contributed by atoms with Crippen molar-refractivity contribution in [2.24, 2.45) is 11.5 Å². The fourth-order valence-electron chi connectivity index (χ4n) is 11.3. The van der Waals surface area contributed by atoms with Crippen molar-refractivity contribution >= 4 is 113 Å². The highest BCUT2D eigenvalue weighted by atomic mass is 16.4. The predicted octanol–water partition coefficient (Wildman–Crippen LogP) is -8.06. The Bertz CT molecular complexity index is 3650. The second-order valence-corrected chi connectivity index (χ2v) is 25.8. The van der Waals surface area contributed by atoms with Crippen molar-refractivity contribution in [1.29, 1.82) is 10.8 Å². The van der Waals surface area contributed by atoms with E-state index in [2.05, 4.69) is 74.4 Å². The molecule has 2 heterocycles. The highest BCUT2D eigenvalue weighted by molar-refractivity contribution is 6.05. The van der Waals surface area contributed by atoms with E-state index in [0.29, 0.717) is 17.2 Å². The van der Waals surface area contributed by atoms with E-state index >= 15 is 0 Å². The zero-order valence-electron chi connectivity index (χ0n) is 60.9. The summed E-state index contributed by atoms with van der Waals surface area (Å²) in [5, 5.41) is 98.4. The van der Waals surface area contributed by atoms with Crippen molar-refractivity contribution in [2.45, 2.75) is 126 Å². The van der Waals surface area contributed by atoms with Gasteiger partial charge < -0.3 is 111 Å². The molecular formula is C68H99N21O22. The molecule has 2 aromatic rings. The van der Waals surface area contributed by atoms with Crippen LogP contribution in [0.5, 0.6) is 0 Å². The summed E-state index contributed by atoms with van der Waals surface area (Å²) in [7, 11) is 0. The Morgan fingerprint density at radius 2 is 0.757 bits per heavy atom. The number of aliphatic carboxylic acids is 5. The van der Waals surface area contributed by atoms with E-state index in [1.165, 1.54) is 14.7 Å². The Labute approximate surface area is 636 Å². The van der Waals surface area contributed by atoms with Crippen LogP contribution in [0, 0.1) is 10.8 Å². The molecule has 0 saturated carbocycles. The van der Waals surface area contributed by atoms with Gasteiger partial charge >= 0.3 is 29.8 Å². The third-order valence-corrected chi connectivity index (χ3v) is 16.7. The summed E-state index contributed by atoms with van der Waals surface area (Å²) in [5.74, 6) is -19.0. The summed E-state index contributed by atoms with van der Waals surface area (Å²) in [6.07, 6.45) is -0.710. The predicted molar refractivity (Wildman–Crippen MR) is 390 cm³/mol. The molecular weight excluding hydrogens is 1460 g/mol. The van der Waals surface area contributed by atoms with Crippen LogP contribution < -0.4 is 85.9 Å². The molecule has 43 heteroatoms. The van der Waals surface area contributed by atoms with Crippen molar-refractivity contribution in [3.05, 3.63) is 83.6 Å². The first-order valence-corrected chi connectivity index (χ1v) is 35.5. The van der Waals surface area contributed by atoms with Crippen LogP contribution in [0.4, 0.5) is 0 Å². The van der Waals surface area contributed by atoms with Gasteiger partial charge in [-0.3, -0.25) is 102 Å². The largest absolute Gasteiger partial charge is 0.481 e. The molecule has 608 valence electrons. The zero-order valence-corrected chi connectivity index (χ0v) is 60.9. The van der Waals surface area contributed by atoms with E-state index in [-0.39, 0.29) is 141 Å². The van der Waals surface area contributed by atoms with E-state index in [0.717, 1.165) is 0 Å². The molecule has 0 bridgehead atoms. The highest BCUT2D eigenvalue weighted by Gasteiger charge is 2.36. The van der Waals surface area contributed by atoms with Crippen LogP contribution in [-0.2, 0) is 94.3 Å². The lowest BCUT2D eigenvalue weighted by Gasteiger charge is -2.28. The number of amides is 12. The molecule has 2 aliphatic heterocycles. The Morgan fingerprint density at radius 1 is 0.405 bits per heavy atom. The van der Waals surface area contributed by atoms with Gasteiger partial charge in [0.15, 0.2) is 11.9 Å². The SMILES string of the molecule is N=C(N)NCCC[C@@H]1NC(=O)[C@H](CCCCNC(=O)CN(CCN(CCN(CC(=O)O)CC(=O)NCCCC[C@@H]2NC(=O)[C@@H](Cc3ccccc3)NC(=O)[C@H](CC(=O)O)NC(=O)CNC(=O)[C@H](CCCNC(=N)N)NC2=O)CC(=O)O)CC(=O)O)NC(=O)[C@@H](Cc2ccccc2)NC(=O)/C(=C\C(=O)O)NC(=O)CNC1=O. The number of carbonyl (C=O) groups excluding carboxylic acids is 12. The second kappa shape index (κ2) is 48.8. The molecule has 2 aromatic carbocycles. The van der Waals surface area contributed by atoms with Crippen LogP contribution in [0.3, 0.4) is 0 Å². The molecule has 7 atom stereocenters. The average molecular weight is 1560 g/mol. The maximum Gasteiger partial charge on any atom is 0.330 e. The van der Waals surface area contributed by atoms with Crippen LogP contribution in [0.25, 0.3) is 0 Å². The average Bonchev–Trinajstić information content (AvgIpc) is 1.67. The van der Waals surface area contributed by atoms with E-state index < -0.39 is 201 Å². The molecule has 25 N–H and O–H groups in total. The number of rotatable bonds is 41. The maximum atomic E-state index is 14.2. The monoisotopic (exact) mass is 1560 g/mol. The number of benzene rings is 2. The summed E-state index contributed by atoms with van der Waals surface area (Å²) in [4.78, 5) is 228. The van der Waals surface area contributed by atoms with Gasteiger partial charge in [0.25, 0.3) is 5.91 Å². The third kappa shape index (κ3) is 37.8. The van der Waals surface area contributed by atoms with Gasteiger partial charge in [0, 0.05) is 65.2 Å². The van der Waals surface area contributed by atoms with Crippen molar-refractivity contribution in [1.82, 2.24) is 89.1 Å². The number of carboxylic acid groups (broad SMARTS) is 5. The second-order valence-electron chi connectivity index (χ2n) is 25.8. The minimum atomic E-state index is -1.72. The standard InChI is InChI=1S/C68H99N21O22/c69-67(70)75-23-11-19-42-59(104)77-33-50(90)79-48(31-54(94)95)65(110)85-46(29-40-13-3-1-4-14-40)63(108)83-44(61(106)81-42)17-7-9-21-73-52(92)35-88(38-57(100)101)27-25-87(37-56(98)99)26-28-89(39-58(102)103)36-53(93)74-22-10-8-18-45-62(107)82-43(20-12-24-76-68(71)72)60(105)78-34-51(91)80-49(32-55(96)97)66(111)86-47(64(109)84-45)30-41-15-5-2-6-16-41/h1-6,13-16,31,42-47,49H,7-12,17-30,32-39H2,(H,73,92)(H,74,93)(H,77,104)(H,78,105)(H,79,90)(H,80,91)(H,81,106)(H,82,107)(H,83,108)(H,84,109)(H,85,110)(H,86,111)(H,94,95)(H,96,97)(H,98,99)(H,100,101)(H,102,103)(H4,69,70,75)(H4,71,72,76)/b48-31+/t42-,43-,44-,45-,46+,47+,49-/m0/s1. The van der Waals surface area contributed by atoms with Gasteiger partial charge in [-0.1, -0.05) is 60.7 Å². The van der Waals surface area contributed by atoms with Crippen LogP contribution in [0.1, 0.15) is 81.8 Å². The first kappa shape index (κ1) is 91.0. The van der Waals surface area contributed by atoms with Gasteiger partial charge in [-0.25, -0.2) is 4.79 Å². The zero-order chi connectivity index (χ0) is 82.0. The van der Waals surface area contributed by atoms with Gasteiger partial charge in [0.1, 0.15) is 48.0 Å². The topological polar surface area (TPSA) is 669 Å². The molecule has 111 heavy (non-hydrogen) atoms. The molecule has 2 aliphatic rings. The molecule has 4 rings (SSSR count). The van der Waals surface area contributed by atoms with E-state index in [9.17, 15) is 107 Å². The van der Waals surface area contributed by atoms with Gasteiger partial charge in [-0.05, 0) is 75.3 Å². The van der Waals surface area contributed by atoms with E-state index in [4.69, 9.17) is 22.3 Å². The Morgan fingerprint density at radius 3 is 1.16 bits per heavy atom. The van der Waals surface area contributed by atoms with Gasteiger partial charge in [0.05, 0.1) is 58.3 Å². The maximum absolute atomic E-state index is 14.2. The summed E-state index contributed by atoms with van der Waals surface area (Å²) < 4.78 is 0. The van der Waals surface area contributed by atoms with E-state index in [1.807, 2.05) is 0 Å². The van der Waals surface area contributed by atoms with Crippen molar-refractivity contribution in [2.75, 3.05) is 98.2 Å². The summed E-state index contributed by atoms with van der Waals surface area (Å²) in [6, 6.07) is 6.26. The number of guanidine groups is 2. The quantitative estimate of drug-likeness (QED) is 0.0127. The van der Waals surface area contributed by atoms with Gasteiger partial charge in [-0.15, -0.1) is 0 Å². The van der Waals surface area contributed by atoms with Crippen molar-refractivity contribution < 1.29 is 107 Å². The summed E-state index contributed by atoms with van der Waals surface area (Å²) in [6.45, 7) is -5.57. The number of unbranched alkanes of at least 4 members (excludes halogenated alkanes) is 2. The first-order chi connectivity index (χ1) is 52.7. The molecule has 12 amide bonds. The molecule has 0 aromatic heterocycles. The smallest absolute Gasteiger partial charge is 0.330 e. The minimum Gasteiger partial charge on any atom is -0.481 e. The molecule has 0 unspecified atom stereocenters. The number of nitrogens with two attached hydrogens (primary N) is 2. The van der Waals surface area contributed by atoms with Crippen LogP contribution in [0.2, 0.25) is 0 Å². The minimum absolute atomic E-state index is 0.0759. The number of hydrogen-bond acceptors (Lipinski definition) is 22.